The second kappa shape index (κ2) is 11.1. The van der Waals surface area contributed by atoms with Crippen LogP contribution in [0.3, 0.4) is 0 Å². The third kappa shape index (κ3) is 5.92. The van der Waals surface area contributed by atoms with E-state index in [0.29, 0.717) is 23.6 Å². The van der Waals surface area contributed by atoms with Crippen LogP contribution >= 0.6 is 0 Å². The number of fused-ring (bicyclic) bond motifs is 1. The van der Waals surface area contributed by atoms with Crippen molar-refractivity contribution < 1.29 is 23.9 Å². The van der Waals surface area contributed by atoms with Gasteiger partial charge in [0.05, 0.1) is 18.7 Å². The SMILES string of the molecule is CC(c1ccc(C(=O)NCCC(=O)O)cc1)N1C(=O)C(Cc2ccc3ccoc3c2)=NC12CCC(C(C)(C)C)CC2. The van der Waals surface area contributed by atoms with Crippen molar-refractivity contribution in [3.63, 3.8) is 0 Å². The van der Waals surface area contributed by atoms with Crippen LogP contribution in [0.4, 0.5) is 0 Å². The Hall–Kier alpha value is -3.94. The predicted molar refractivity (Wildman–Crippen MR) is 158 cm³/mol. The van der Waals surface area contributed by atoms with Crippen LogP contribution in [0.25, 0.3) is 11.0 Å². The van der Waals surface area contributed by atoms with Crippen molar-refractivity contribution in [3.05, 3.63) is 71.5 Å². The van der Waals surface area contributed by atoms with Crippen LogP contribution in [0.15, 0.2) is 64.2 Å². The third-order valence-corrected chi connectivity index (χ3v) is 8.83. The van der Waals surface area contributed by atoms with E-state index in [2.05, 4.69) is 26.1 Å². The van der Waals surface area contributed by atoms with E-state index in [1.165, 1.54) is 0 Å². The highest BCUT2D eigenvalue weighted by molar-refractivity contribution is 6.41. The highest BCUT2D eigenvalue weighted by Gasteiger charge is 2.51. The van der Waals surface area contributed by atoms with Crippen LogP contribution < -0.4 is 5.32 Å². The third-order valence-electron chi connectivity index (χ3n) is 8.83. The molecule has 2 heterocycles. The lowest BCUT2D eigenvalue weighted by Gasteiger charge is -2.46. The number of benzene rings is 2. The summed E-state index contributed by atoms with van der Waals surface area (Å²) < 4.78 is 5.59. The maximum atomic E-state index is 14.1. The Balaban J connectivity index is 1.39. The van der Waals surface area contributed by atoms with E-state index < -0.39 is 11.6 Å². The molecule has 1 aliphatic heterocycles. The molecule has 1 atom stereocenters. The van der Waals surface area contributed by atoms with E-state index in [-0.39, 0.29) is 36.2 Å². The Labute approximate surface area is 240 Å². The molecule has 2 amide bonds. The summed E-state index contributed by atoms with van der Waals surface area (Å²) in [4.78, 5) is 44.5. The van der Waals surface area contributed by atoms with Crippen molar-refractivity contribution in [2.45, 2.75) is 77.9 Å². The lowest BCUT2D eigenvalue weighted by atomic mass is 9.69. The second-order valence-corrected chi connectivity index (χ2v) is 12.5. The number of carbonyl (C=O) groups excluding carboxylic acids is 2. The van der Waals surface area contributed by atoms with Crippen molar-refractivity contribution in [2.24, 2.45) is 16.3 Å². The van der Waals surface area contributed by atoms with E-state index in [9.17, 15) is 14.4 Å². The molecule has 1 aliphatic carbocycles. The topological polar surface area (TPSA) is 112 Å². The minimum atomic E-state index is -0.960. The van der Waals surface area contributed by atoms with Gasteiger partial charge in [-0.2, -0.15) is 0 Å². The van der Waals surface area contributed by atoms with Gasteiger partial charge in [-0.15, -0.1) is 0 Å². The average Bonchev–Trinajstić information content (AvgIpc) is 3.49. The molecule has 1 aromatic heterocycles. The molecule has 8 heteroatoms. The number of hydrogen-bond donors (Lipinski definition) is 2. The molecule has 5 rings (SSSR count). The normalized spacial score (nSPS) is 21.8. The summed E-state index contributed by atoms with van der Waals surface area (Å²) >= 11 is 0. The molecule has 2 aliphatic rings. The molecular formula is C33H39N3O5. The first-order valence-corrected chi connectivity index (χ1v) is 14.5. The van der Waals surface area contributed by atoms with Crippen LogP contribution in [0.1, 0.15) is 87.3 Å². The minimum absolute atomic E-state index is 0.0401. The largest absolute Gasteiger partial charge is 0.481 e. The molecule has 8 nitrogen and oxygen atoms in total. The van der Waals surface area contributed by atoms with Gasteiger partial charge in [0, 0.05) is 23.9 Å². The van der Waals surface area contributed by atoms with Gasteiger partial charge in [-0.1, -0.05) is 45.0 Å². The zero-order valence-electron chi connectivity index (χ0n) is 24.3. The van der Waals surface area contributed by atoms with E-state index in [4.69, 9.17) is 14.5 Å². The lowest BCUT2D eigenvalue weighted by molar-refractivity contribution is -0.137. The van der Waals surface area contributed by atoms with Gasteiger partial charge in [-0.05, 0) is 79.3 Å². The molecule has 1 saturated carbocycles. The standard InChI is InChI=1S/C33H39N3O5/c1-21(23-7-9-25(10-8-23)30(39)34-17-13-29(37)38)36-31(40)27(19-22-5-6-24-14-18-41-28(24)20-22)35-33(36)15-11-26(12-16-33)32(2,3)4/h5-10,14,18,20-21,26H,11-13,15-17,19H2,1-4H3,(H,34,39)(H,37,38). The number of carboxylic acids is 1. The molecule has 1 spiro atoms. The number of amides is 2. The molecule has 0 radical (unpaired) electrons. The van der Waals surface area contributed by atoms with Gasteiger partial charge in [-0.3, -0.25) is 19.4 Å². The number of aliphatic carboxylic acids is 1. The molecule has 2 N–H and O–H groups in total. The summed E-state index contributed by atoms with van der Waals surface area (Å²) in [6, 6.07) is 14.9. The Morgan fingerprint density at radius 3 is 2.49 bits per heavy atom. The van der Waals surface area contributed by atoms with E-state index in [0.717, 1.165) is 47.8 Å². The van der Waals surface area contributed by atoms with Crippen molar-refractivity contribution >= 4 is 34.5 Å². The number of aliphatic imine (C=N–C) groups is 1. The average molecular weight is 558 g/mol. The number of furan rings is 1. The van der Waals surface area contributed by atoms with Crippen LogP contribution in [0, 0.1) is 11.3 Å². The van der Waals surface area contributed by atoms with Gasteiger partial charge in [0.25, 0.3) is 11.8 Å². The van der Waals surface area contributed by atoms with Crippen LogP contribution in [-0.4, -0.2) is 45.7 Å². The molecule has 1 unspecified atom stereocenters. The van der Waals surface area contributed by atoms with Gasteiger partial charge in [0.1, 0.15) is 17.0 Å². The molecule has 2 aromatic carbocycles. The van der Waals surface area contributed by atoms with Gasteiger partial charge in [-0.25, -0.2) is 0 Å². The van der Waals surface area contributed by atoms with Crippen LogP contribution in [0.2, 0.25) is 0 Å². The fourth-order valence-electron chi connectivity index (χ4n) is 6.38. The number of carboxylic acid groups (broad SMARTS) is 1. The summed E-state index contributed by atoms with van der Waals surface area (Å²) in [6.07, 6.45) is 5.62. The Morgan fingerprint density at radius 2 is 1.83 bits per heavy atom. The smallest absolute Gasteiger partial charge is 0.305 e. The van der Waals surface area contributed by atoms with Crippen LogP contribution in [-0.2, 0) is 16.0 Å². The molecule has 0 saturated heterocycles. The summed E-state index contributed by atoms with van der Waals surface area (Å²) in [5.74, 6) is -0.751. The monoisotopic (exact) mass is 557 g/mol. The van der Waals surface area contributed by atoms with Crippen molar-refractivity contribution in [1.29, 1.82) is 0 Å². The van der Waals surface area contributed by atoms with E-state index in [1.807, 2.05) is 48.2 Å². The maximum Gasteiger partial charge on any atom is 0.305 e. The van der Waals surface area contributed by atoms with Crippen molar-refractivity contribution in [2.75, 3.05) is 6.54 Å². The number of rotatable bonds is 8. The second-order valence-electron chi connectivity index (χ2n) is 12.5. The van der Waals surface area contributed by atoms with Crippen molar-refractivity contribution in [1.82, 2.24) is 10.2 Å². The first-order chi connectivity index (χ1) is 19.5. The molecule has 1 fully saturated rings. The van der Waals surface area contributed by atoms with Gasteiger partial charge >= 0.3 is 5.97 Å². The fraction of sp³-hybridized carbons (Fsp3) is 0.455. The van der Waals surface area contributed by atoms with Gasteiger partial charge in [0.15, 0.2) is 0 Å². The van der Waals surface area contributed by atoms with Crippen molar-refractivity contribution in [3.8, 4) is 0 Å². The summed E-state index contributed by atoms with van der Waals surface area (Å²) in [7, 11) is 0. The lowest BCUT2D eigenvalue weighted by Crippen LogP contribution is -2.51. The summed E-state index contributed by atoms with van der Waals surface area (Å²) in [5.41, 5.74) is 3.35. The number of nitrogens with zero attached hydrogens (tertiary/aromatic N) is 2. The summed E-state index contributed by atoms with van der Waals surface area (Å²) in [5, 5.41) is 12.5. The van der Waals surface area contributed by atoms with Gasteiger partial charge < -0.3 is 19.7 Å². The molecule has 216 valence electrons. The number of hydrogen-bond acceptors (Lipinski definition) is 5. The quantitative estimate of drug-likeness (QED) is 0.345. The highest BCUT2D eigenvalue weighted by Crippen LogP contribution is 2.48. The zero-order valence-corrected chi connectivity index (χ0v) is 24.3. The predicted octanol–water partition coefficient (Wildman–Crippen LogP) is 6.16. The fourth-order valence-corrected chi connectivity index (χ4v) is 6.38. The number of carbonyl (C=O) groups is 3. The van der Waals surface area contributed by atoms with E-state index >= 15 is 0 Å². The van der Waals surface area contributed by atoms with Gasteiger partial charge in [0.2, 0.25) is 0 Å². The zero-order chi connectivity index (χ0) is 29.4. The molecule has 41 heavy (non-hydrogen) atoms. The molecule has 3 aromatic rings. The highest BCUT2D eigenvalue weighted by atomic mass is 16.4. The Bertz CT molecular complexity index is 1470. The number of nitrogens with one attached hydrogen (secondary N) is 1. The molecular weight excluding hydrogens is 518 g/mol. The molecule has 0 bridgehead atoms. The first-order valence-electron chi connectivity index (χ1n) is 14.5. The first kappa shape index (κ1) is 28.6. The maximum absolute atomic E-state index is 14.1. The Morgan fingerprint density at radius 1 is 1.12 bits per heavy atom. The minimum Gasteiger partial charge on any atom is -0.481 e. The van der Waals surface area contributed by atoms with Crippen LogP contribution in [0.5, 0.6) is 0 Å². The van der Waals surface area contributed by atoms with E-state index in [1.54, 1.807) is 18.4 Å². The summed E-state index contributed by atoms with van der Waals surface area (Å²) in [6.45, 7) is 8.96. The Kier molecular flexibility index (Phi) is 7.77.